The number of hydrogen-bond acceptors (Lipinski definition) is 5. The highest BCUT2D eigenvalue weighted by Crippen LogP contribution is 2.32. The topological polar surface area (TPSA) is 63.1 Å². The highest BCUT2D eigenvalue weighted by atomic mass is 32.2. The third kappa shape index (κ3) is 3.37. The van der Waals surface area contributed by atoms with Gasteiger partial charge < -0.3 is 5.11 Å². The van der Waals surface area contributed by atoms with Crippen LogP contribution < -0.4 is 0 Å². The molecule has 0 fully saturated rings. The number of carbonyl (C=O) groups is 1. The molecule has 0 aliphatic carbocycles. The third-order valence-electron chi connectivity index (χ3n) is 2.77. The van der Waals surface area contributed by atoms with Gasteiger partial charge in [-0.05, 0) is 35.7 Å². The number of aryl methyl sites for hydroxylation is 1. The molecule has 20 heavy (non-hydrogen) atoms. The maximum absolute atomic E-state index is 11.0. The van der Waals surface area contributed by atoms with Crippen molar-refractivity contribution in [2.45, 2.75) is 42.5 Å². The molecule has 2 heterocycles. The molecule has 4 nitrogen and oxygen atoms in total. The molecule has 0 aliphatic rings. The number of aromatic carboxylic acids is 1. The molecule has 0 aliphatic heterocycles. The first-order valence-electron chi connectivity index (χ1n) is 6.12. The van der Waals surface area contributed by atoms with Crippen molar-refractivity contribution in [2.75, 3.05) is 0 Å². The minimum absolute atomic E-state index is 0.0739. The second kappa shape index (κ2) is 5.54. The monoisotopic (exact) mass is 308 g/mol. The maximum atomic E-state index is 11.0. The summed E-state index contributed by atoms with van der Waals surface area (Å²) in [5, 5.41) is 9.84. The fourth-order valence-electron chi connectivity index (χ4n) is 1.59. The van der Waals surface area contributed by atoms with E-state index in [4.69, 9.17) is 5.11 Å². The largest absolute Gasteiger partial charge is 0.477 e. The predicted octanol–water partition coefficient (Wildman–Crippen LogP) is 3.99. The van der Waals surface area contributed by atoms with Crippen LogP contribution in [0.5, 0.6) is 0 Å². The molecule has 0 amide bonds. The van der Waals surface area contributed by atoms with Crippen LogP contribution in [0.2, 0.25) is 0 Å². The van der Waals surface area contributed by atoms with Gasteiger partial charge in [0, 0.05) is 6.20 Å². The lowest BCUT2D eigenvalue weighted by atomic mass is 9.88. The zero-order valence-corrected chi connectivity index (χ0v) is 13.4. The zero-order valence-electron chi connectivity index (χ0n) is 11.8. The van der Waals surface area contributed by atoms with E-state index in [2.05, 4.69) is 30.7 Å². The second-order valence-electron chi connectivity index (χ2n) is 5.44. The summed E-state index contributed by atoms with van der Waals surface area (Å²) in [6, 6.07) is 4.00. The van der Waals surface area contributed by atoms with E-state index in [0.717, 1.165) is 5.03 Å². The molecule has 0 bridgehead atoms. The van der Waals surface area contributed by atoms with E-state index in [1.807, 2.05) is 18.3 Å². The number of carboxylic acid groups (broad SMARTS) is 1. The van der Waals surface area contributed by atoms with Crippen molar-refractivity contribution in [3.63, 3.8) is 0 Å². The minimum Gasteiger partial charge on any atom is -0.477 e. The molecule has 1 N–H and O–H groups in total. The normalized spacial score (nSPS) is 11.6. The Morgan fingerprint density at radius 2 is 2.05 bits per heavy atom. The lowest BCUT2D eigenvalue weighted by molar-refractivity contribution is 0.0701. The molecule has 2 aromatic heterocycles. The average Bonchev–Trinajstić information content (AvgIpc) is 2.70. The molecule has 0 aromatic carbocycles. The van der Waals surface area contributed by atoms with Gasteiger partial charge in [-0.2, -0.15) is 0 Å². The smallest absolute Gasteiger partial charge is 0.347 e. The van der Waals surface area contributed by atoms with Crippen molar-refractivity contribution in [1.29, 1.82) is 0 Å². The van der Waals surface area contributed by atoms with E-state index in [1.165, 1.54) is 28.7 Å². The Labute approximate surface area is 126 Å². The van der Waals surface area contributed by atoms with E-state index in [9.17, 15) is 4.79 Å². The van der Waals surface area contributed by atoms with E-state index in [1.54, 1.807) is 6.92 Å². The van der Waals surface area contributed by atoms with Gasteiger partial charge in [0.05, 0.1) is 5.69 Å². The van der Waals surface area contributed by atoms with Crippen molar-refractivity contribution in [2.24, 2.45) is 0 Å². The number of rotatable bonds is 3. The Hall–Kier alpha value is -1.40. The van der Waals surface area contributed by atoms with E-state index in [0.29, 0.717) is 14.9 Å². The summed E-state index contributed by atoms with van der Waals surface area (Å²) in [5.41, 5.74) is 1.80. The fraction of sp³-hybridized carbons (Fsp3) is 0.357. The van der Waals surface area contributed by atoms with Gasteiger partial charge in [0.25, 0.3) is 0 Å². The van der Waals surface area contributed by atoms with Gasteiger partial charge in [-0.3, -0.25) is 0 Å². The van der Waals surface area contributed by atoms with Crippen LogP contribution in [-0.2, 0) is 5.41 Å². The molecule has 0 saturated heterocycles. The highest BCUT2D eigenvalue weighted by molar-refractivity contribution is 8.01. The SMILES string of the molecule is Cc1nc(Sc2ccc(C(C)(C)C)cn2)sc1C(=O)O. The number of nitrogens with zero attached hydrogens (tertiary/aromatic N) is 2. The number of thiazole rings is 1. The van der Waals surface area contributed by atoms with Gasteiger partial charge >= 0.3 is 5.97 Å². The standard InChI is InChI=1S/C14H16N2O2S2/c1-8-11(12(17)18)20-13(16-8)19-10-6-5-9(7-15-10)14(2,3)4/h5-7H,1-4H3,(H,17,18). The van der Waals surface area contributed by atoms with E-state index in [-0.39, 0.29) is 5.41 Å². The van der Waals surface area contributed by atoms with Crippen molar-refractivity contribution >= 4 is 29.1 Å². The minimum atomic E-state index is -0.928. The summed E-state index contributed by atoms with van der Waals surface area (Å²) in [6.45, 7) is 8.13. The van der Waals surface area contributed by atoms with Crippen molar-refractivity contribution in [3.8, 4) is 0 Å². The zero-order chi connectivity index (χ0) is 14.9. The number of aromatic nitrogens is 2. The molecule has 0 saturated carbocycles. The highest BCUT2D eigenvalue weighted by Gasteiger charge is 2.16. The molecule has 106 valence electrons. The van der Waals surface area contributed by atoms with Crippen LogP contribution in [0.1, 0.15) is 41.7 Å². The summed E-state index contributed by atoms with van der Waals surface area (Å²) in [6.07, 6.45) is 1.86. The lowest BCUT2D eigenvalue weighted by Gasteiger charge is -2.18. The Balaban J connectivity index is 2.18. The first-order valence-corrected chi connectivity index (χ1v) is 7.76. The van der Waals surface area contributed by atoms with Gasteiger partial charge in [0.15, 0.2) is 4.34 Å². The van der Waals surface area contributed by atoms with Crippen LogP contribution in [0.3, 0.4) is 0 Å². The molecule has 0 radical (unpaired) electrons. The van der Waals surface area contributed by atoms with Gasteiger partial charge in [-0.1, -0.05) is 38.2 Å². The molecule has 2 aromatic rings. The van der Waals surface area contributed by atoms with Gasteiger partial charge in [-0.15, -0.1) is 0 Å². The first-order chi connectivity index (χ1) is 9.27. The van der Waals surface area contributed by atoms with Crippen molar-refractivity contribution in [1.82, 2.24) is 9.97 Å². The number of hydrogen-bond donors (Lipinski definition) is 1. The molecule has 0 atom stereocenters. The van der Waals surface area contributed by atoms with Gasteiger partial charge in [0.1, 0.15) is 9.90 Å². The predicted molar refractivity (Wildman–Crippen MR) is 80.9 cm³/mol. The molecule has 2 rings (SSSR count). The Bertz CT molecular complexity index is 628. The molecular weight excluding hydrogens is 292 g/mol. The Kier molecular flexibility index (Phi) is 4.15. The fourth-order valence-corrected chi connectivity index (χ4v) is 3.50. The van der Waals surface area contributed by atoms with Gasteiger partial charge in [0.2, 0.25) is 0 Å². The van der Waals surface area contributed by atoms with Crippen LogP contribution in [0.15, 0.2) is 27.7 Å². The van der Waals surface area contributed by atoms with Crippen molar-refractivity contribution in [3.05, 3.63) is 34.5 Å². The Morgan fingerprint density at radius 3 is 2.50 bits per heavy atom. The quantitative estimate of drug-likeness (QED) is 0.928. The second-order valence-corrected chi connectivity index (χ2v) is 7.70. The first kappa shape index (κ1) is 15.0. The Morgan fingerprint density at radius 1 is 1.35 bits per heavy atom. The van der Waals surface area contributed by atoms with Gasteiger partial charge in [-0.25, -0.2) is 14.8 Å². The molecule has 0 unspecified atom stereocenters. The van der Waals surface area contributed by atoms with Crippen LogP contribution in [-0.4, -0.2) is 21.0 Å². The van der Waals surface area contributed by atoms with E-state index >= 15 is 0 Å². The number of carboxylic acids is 1. The summed E-state index contributed by atoms with van der Waals surface area (Å²) in [5.74, 6) is -0.928. The molecule has 6 heteroatoms. The number of pyridine rings is 1. The summed E-state index contributed by atoms with van der Waals surface area (Å²) >= 11 is 2.58. The lowest BCUT2D eigenvalue weighted by Crippen LogP contribution is -2.11. The molecule has 0 spiro atoms. The summed E-state index contributed by atoms with van der Waals surface area (Å²) < 4.78 is 0.705. The maximum Gasteiger partial charge on any atom is 0.347 e. The van der Waals surface area contributed by atoms with Crippen LogP contribution in [0.4, 0.5) is 0 Å². The van der Waals surface area contributed by atoms with Crippen molar-refractivity contribution < 1.29 is 9.90 Å². The van der Waals surface area contributed by atoms with Crippen LogP contribution >= 0.6 is 23.1 Å². The summed E-state index contributed by atoms with van der Waals surface area (Å²) in [4.78, 5) is 19.9. The molecular formula is C14H16N2O2S2. The third-order valence-corrected chi connectivity index (χ3v) is 4.92. The van der Waals surface area contributed by atoms with E-state index < -0.39 is 5.97 Å². The van der Waals surface area contributed by atoms with Crippen LogP contribution in [0, 0.1) is 6.92 Å². The average molecular weight is 308 g/mol. The summed E-state index contributed by atoms with van der Waals surface area (Å²) in [7, 11) is 0. The van der Waals surface area contributed by atoms with Crippen LogP contribution in [0.25, 0.3) is 0 Å².